The normalized spacial score (nSPS) is 13.0. The van der Waals surface area contributed by atoms with Crippen LogP contribution < -0.4 is 20.9 Å². The maximum atomic E-state index is 12.6. The second-order valence-corrected chi connectivity index (χ2v) is 7.18. The van der Waals surface area contributed by atoms with Crippen LogP contribution in [0.25, 0.3) is 0 Å². The van der Waals surface area contributed by atoms with Gasteiger partial charge in [0, 0.05) is 41.3 Å². The minimum Gasteiger partial charge on any atom is -0.322 e. The molecule has 0 saturated carbocycles. The third kappa shape index (κ3) is 5.08. The van der Waals surface area contributed by atoms with E-state index in [-0.39, 0.29) is 17.8 Å². The second kappa shape index (κ2) is 9.13. The molecule has 1 fully saturated rings. The van der Waals surface area contributed by atoms with Crippen molar-refractivity contribution in [2.45, 2.75) is 12.8 Å². The molecule has 3 aromatic carbocycles. The van der Waals surface area contributed by atoms with Crippen LogP contribution in [0.5, 0.6) is 0 Å². The van der Waals surface area contributed by atoms with Gasteiger partial charge in [0.2, 0.25) is 5.91 Å². The van der Waals surface area contributed by atoms with E-state index in [2.05, 4.69) is 16.0 Å². The number of nitrogens with one attached hydrogen (secondary N) is 3. The molecule has 1 aliphatic heterocycles. The Morgan fingerprint density at radius 1 is 0.742 bits per heavy atom. The molecule has 0 unspecified atom stereocenters. The summed E-state index contributed by atoms with van der Waals surface area (Å²) in [4.78, 5) is 38.4. The number of hydrogen-bond donors (Lipinski definition) is 3. The number of rotatable bonds is 5. The van der Waals surface area contributed by atoms with Gasteiger partial charge in [-0.15, -0.1) is 0 Å². The Balaban J connectivity index is 1.36. The van der Waals surface area contributed by atoms with Gasteiger partial charge in [-0.1, -0.05) is 24.3 Å². The Labute approximate surface area is 180 Å². The minimum atomic E-state index is -0.351. The van der Waals surface area contributed by atoms with Crippen LogP contribution in [-0.4, -0.2) is 24.4 Å². The van der Waals surface area contributed by atoms with E-state index in [0.29, 0.717) is 35.6 Å². The van der Waals surface area contributed by atoms with Crippen LogP contribution in [0.4, 0.5) is 27.5 Å². The van der Waals surface area contributed by atoms with Gasteiger partial charge in [-0.25, -0.2) is 4.79 Å². The number of para-hydroxylation sites is 1. The molecule has 7 nitrogen and oxygen atoms in total. The van der Waals surface area contributed by atoms with Crippen molar-refractivity contribution >= 4 is 40.6 Å². The number of urea groups is 1. The molecule has 0 aliphatic carbocycles. The lowest BCUT2D eigenvalue weighted by molar-refractivity contribution is -0.117. The Bertz CT molecular complexity index is 1100. The highest BCUT2D eigenvalue weighted by Crippen LogP contribution is 2.23. The average molecular weight is 414 g/mol. The van der Waals surface area contributed by atoms with Gasteiger partial charge >= 0.3 is 6.03 Å². The van der Waals surface area contributed by atoms with Crippen LogP contribution in [0.2, 0.25) is 0 Å². The smallest absolute Gasteiger partial charge is 0.322 e. The predicted octanol–water partition coefficient (Wildman–Crippen LogP) is 4.71. The number of carbonyl (C=O) groups is 3. The zero-order valence-corrected chi connectivity index (χ0v) is 16.8. The molecule has 1 aliphatic rings. The molecule has 0 atom stereocenters. The molecule has 0 radical (unpaired) electrons. The molecule has 4 amide bonds. The number of hydrogen-bond acceptors (Lipinski definition) is 3. The van der Waals surface area contributed by atoms with E-state index < -0.39 is 0 Å². The van der Waals surface area contributed by atoms with Crippen molar-refractivity contribution in [3.05, 3.63) is 84.4 Å². The molecular weight excluding hydrogens is 392 g/mol. The van der Waals surface area contributed by atoms with Gasteiger partial charge in [0.05, 0.1) is 0 Å². The van der Waals surface area contributed by atoms with Crippen molar-refractivity contribution in [3.8, 4) is 0 Å². The Morgan fingerprint density at radius 2 is 1.39 bits per heavy atom. The number of carbonyl (C=O) groups excluding carboxylic acids is 3. The maximum Gasteiger partial charge on any atom is 0.323 e. The summed E-state index contributed by atoms with van der Waals surface area (Å²) in [5.41, 5.74) is 3.10. The van der Waals surface area contributed by atoms with Crippen molar-refractivity contribution in [2.24, 2.45) is 0 Å². The predicted molar refractivity (Wildman–Crippen MR) is 122 cm³/mol. The quantitative estimate of drug-likeness (QED) is 0.565. The van der Waals surface area contributed by atoms with Gasteiger partial charge in [-0.3, -0.25) is 9.59 Å². The van der Waals surface area contributed by atoms with Gasteiger partial charge in [0.25, 0.3) is 5.91 Å². The Hall–Kier alpha value is -4.13. The van der Waals surface area contributed by atoms with Gasteiger partial charge in [0.1, 0.15) is 0 Å². The summed E-state index contributed by atoms with van der Waals surface area (Å²) in [6, 6.07) is 22.7. The third-order valence-corrected chi connectivity index (χ3v) is 4.93. The zero-order valence-electron chi connectivity index (χ0n) is 16.8. The van der Waals surface area contributed by atoms with Crippen molar-refractivity contribution in [1.82, 2.24) is 0 Å². The molecule has 1 saturated heterocycles. The average Bonchev–Trinajstić information content (AvgIpc) is 3.22. The first-order valence-corrected chi connectivity index (χ1v) is 10.0. The number of nitrogens with zero attached hydrogens (tertiary/aromatic N) is 1. The lowest BCUT2D eigenvalue weighted by Crippen LogP contribution is -2.24. The summed E-state index contributed by atoms with van der Waals surface area (Å²) >= 11 is 0. The molecule has 3 aromatic rings. The van der Waals surface area contributed by atoms with Crippen molar-refractivity contribution in [2.75, 3.05) is 27.4 Å². The first-order chi connectivity index (χ1) is 15.1. The maximum absolute atomic E-state index is 12.6. The number of anilines is 4. The van der Waals surface area contributed by atoms with Crippen LogP contribution in [0.15, 0.2) is 78.9 Å². The molecule has 4 rings (SSSR count). The standard InChI is InChI=1S/C24H22N4O3/c29-22-10-5-15-28(22)21-9-4-6-17(16-21)23(30)25-19-11-13-20(14-12-19)27-24(31)26-18-7-2-1-3-8-18/h1-4,6-9,11-14,16H,5,10,15H2,(H,25,30)(H2,26,27,31). The Morgan fingerprint density at radius 3 is 2.03 bits per heavy atom. The van der Waals surface area contributed by atoms with Crippen LogP contribution in [0.3, 0.4) is 0 Å². The molecule has 0 spiro atoms. The van der Waals surface area contributed by atoms with Crippen LogP contribution in [0, 0.1) is 0 Å². The highest BCUT2D eigenvalue weighted by Gasteiger charge is 2.22. The summed E-state index contributed by atoms with van der Waals surface area (Å²) in [6.45, 7) is 0.677. The summed E-state index contributed by atoms with van der Waals surface area (Å²) in [7, 11) is 0. The van der Waals surface area contributed by atoms with Crippen LogP contribution >= 0.6 is 0 Å². The third-order valence-electron chi connectivity index (χ3n) is 4.93. The first-order valence-electron chi connectivity index (χ1n) is 10.0. The molecule has 0 aromatic heterocycles. The van der Waals surface area contributed by atoms with E-state index in [1.54, 1.807) is 59.5 Å². The summed E-state index contributed by atoms with van der Waals surface area (Å²) in [5.74, 6) is -0.187. The van der Waals surface area contributed by atoms with Crippen molar-refractivity contribution in [1.29, 1.82) is 0 Å². The summed E-state index contributed by atoms with van der Waals surface area (Å²) < 4.78 is 0. The highest BCUT2D eigenvalue weighted by molar-refractivity contribution is 6.06. The molecule has 7 heteroatoms. The fourth-order valence-electron chi connectivity index (χ4n) is 3.39. The van der Waals surface area contributed by atoms with Crippen molar-refractivity contribution < 1.29 is 14.4 Å². The topological polar surface area (TPSA) is 90.5 Å². The fourth-order valence-corrected chi connectivity index (χ4v) is 3.39. The lowest BCUT2D eigenvalue weighted by atomic mass is 10.1. The van der Waals surface area contributed by atoms with Crippen molar-refractivity contribution in [3.63, 3.8) is 0 Å². The molecule has 156 valence electrons. The van der Waals surface area contributed by atoms with Gasteiger partial charge in [-0.2, -0.15) is 0 Å². The van der Waals surface area contributed by atoms with E-state index in [0.717, 1.165) is 12.1 Å². The van der Waals surface area contributed by atoms with Gasteiger partial charge in [0.15, 0.2) is 0 Å². The zero-order chi connectivity index (χ0) is 21.6. The summed E-state index contributed by atoms with van der Waals surface area (Å²) in [6.07, 6.45) is 1.37. The largest absolute Gasteiger partial charge is 0.323 e. The Kier molecular flexibility index (Phi) is 5.93. The second-order valence-electron chi connectivity index (χ2n) is 7.18. The minimum absolute atomic E-state index is 0.0805. The van der Waals surface area contributed by atoms with E-state index in [9.17, 15) is 14.4 Å². The van der Waals surface area contributed by atoms with Gasteiger partial charge < -0.3 is 20.9 Å². The SMILES string of the molecule is O=C(Nc1ccccc1)Nc1ccc(NC(=O)c2cccc(N3CCCC3=O)c2)cc1. The van der Waals surface area contributed by atoms with E-state index in [1.165, 1.54) is 0 Å². The fraction of sp³-hybridized carbons (Fsp3) is 0.125. The molecule has 0 bridgehead atoms. The van der Waals surface area contributed by atoms with E-state index in [4.69, 9.17) is 0 Å². The van der Waals surface area contributed by atoms with Crippen LogP contribution in [-0.2, 0) is 4.79 Å². The van der Waals surface area contributed by atoms with E-state index in [1.807, 2.05) is 24.3 Å². The highest BCUT2D eigenvalue weighted by atomic mass is 16.2. The van der Waals surface area contributed by atoms with Gasteiger partial charge in [-0.05, 0) is 61.0 Å². The molecule has 31 heavy (non-hydrogen) atoms. The monoisotopic (exact) mass is 414 g/mol. The summed E-state index contributed by atoms with van der Waals surface area (Å²) in [5, 5.41) is 8.32. The number of amides is 4. The molecular formula is C24H22N4O3. The first kappa shape index (κ1) is 20.2. The molecule has 1 heterocycles. The van der Waals surface area contributed by atoms with E-state index >= 15 is 0 Å². The van der Waals surface area contributed by atoms with Crippen LogP contribution in [0.1, 0.15) is 23.2 Å². The number of benzene rings is 3. The lowest BCUT2D eigenvalue weighted by Gasteiger charge is -2.16. The molecule has 3 N–H and O–H groups in total.